The Labute approximate surface area is 172 Å². The average molecular weight is 405 g/mol. The molecule has 154 valence electrons. The molecule has 28 heavy (non-hydrogen) atoms. The zero-order chi connectivity index (χ0) is 20.2. The van der Waals surface area contributed by atoms with Gasteiger partial charge in [-0.15, -0.1) is 11.3 Å². The number of aromatic nitrogens is 1. The lowest BCUT2D eigenvalue weighted by atomic mass is 10.1. The number of ether oxygens (including phenoxy) is 2. The first-order chi connectivity index (χ1) is 13.6. The van der Waals surface area contributed by atoms with Gasteiger partial charge in [0.05, 0.1) is 11.6 Å². The van der Waals surface area contributed by atoms with Gasteiger partial charge in [-0.1, -0.05) is 12.1 Å². The van der Waals surface area contributed by atoms with E-state index in [-0.39, 0.29) is 0 Å². The molecule has 1 heterocycles. The van der Waals surface area contributed by atoms with Crippen LogP contribution in [0.15, 0.2) is 28.6 Å². The fraction of sp³-hybridized carbons (Fsp3) is 0.524. The summed E-state index contributed by atoms with van der Waals surface area (Å²) in [5.41, 5.74) is 3.39. The molecule has 0 aliphatic carbocycles. The summed E-state index contributed by atoms with van der Waals surface area (Å²) in [6.07, 6.45) is 3.24. The molecule has 2 aromatic rings. The van der Waals surface area contributed by atoms with Gasteiger partial charge in [0.15, 0.2) is 5.96 Å². The lowest BCUT2D eigenvalue weighted by Crippen LogP contribution is -2.37. The summed E-state index contributed by atoms with van der Waals surface area (Å²) in [7, 11) is 3.47. The Hall–Kier alpha value is -2.12. The van der Waals surface area contributed by atoms with Gasteiger partial charge in [-0.05, 0) is 44.7 Å². The van der Waals surface area contributed by atoms with E-state index in [1.807, 2.05) is 6.92 Å². The smallest absolute Gasteiger partial charge is 0.191 e. The van der Waals surface area contributed by atoms with Crippen LogP contribution in [0.25, 0.3) is 0 Å². The Morgan fingerprint density at radius 2 is 2.04 bits per heavy atom. The monoisotopic (exact) mass is 404 g/mol. The van der Waals surface area contributed by atoms with Crippen LogP contribution < -0.4 is 15.4 Å². The summed E-state index contributed by atoms with van der Waals surface area (Å²) in [6.45, 7) is 6.76. The first-order valence-electron chi connectivity index (χ1n) is 9.69. The second kappa shape index (κ2) is 12.4. The molecule has 0 unspecified atom stereocenters. The molecule has 1 aromatic carbocycles. The fourth-order valence-corrected chi connectivity index (χ4v) is 3.52. The van der Waals surface area contributed by atoms with E-state index in [1.165, 1.54) is 10.6 Å². The minimum Gasteiger partial charge on any atom is -0.491 e. The number of aliphatic imine (C=N–C) groups is 1. The van der Waals surface area contributed by atoms with Crippen molar-refractivity contribution < 1.29 is 9.47 Å². The number of nitrogens with one attached hydrogen (secondary N) is 2. The minimum atomic E-state index is 0.540. The van der Waals surface area contributed by atoms with Gasteiger partial charge in [-0.25, -0.2) is 4.98 Å². The number of hydrogen-bond donors (Lipinski definition) is 2. The van der Waals surface area contributed by atoms with Crippen LogP contribution in [0.5, 0.6) is 5.75 Å². The second-order valence-electron chi connectivity index (χ2n) is 6.64. The number of rotatable bonds is 11. The zero-order valence-corrected chi connectivity index (χ0v) is 18.2. The van der Waals surface area contributed by atoms with Gasteiger partial charge in [0.1, 0.15) is 12.4 Å². The van der Waals surface area contributed by atoms with E-state index in [0.29, 0.717) is 19.8 Å². The molecule has 0 aliphatic heterocycles. The van der Waals surface area contributed by atoms with Gasteiger partial charge in [-0.3, -0.25) is 4.99 Å². The summed E-state index contributed by atoms with van der Waals surface area (Å²) in [6, 6.07) is 6.24. The van der Waals surface area contributed by atoms with Crippen LogP contribution in [0.1, 0.15) is 34.7 Å². The van der Waals surface area contributed by atoms with Crippen molar-refractivity contribution in [3.8, 4) is 5.75 Å². The number of nitrogens with zero attached hydrogens (tertiary/aromatic N) is 2. The molecule has 0 fully saturated rings. The van der Waals surface area contributed by atoms with Gasteiger partial charge < -0.3 is 20.1 Å². The molecule has 2 N–H and O–H groups in total. The Morgan fingerprint density at radius 1 is 1.18 bits per heavy atom. The van der Waals surface area contributed by atoms with Crippen molar-refractivity contribution in [1.29, 1.82) is 0 Å². The number of guanidine groups is 1. The molecule has 1 aromatic heterocycles. The molecule has 0 radical (unpaired) electrons. The molecule has 0 spiro atoms. The zero-order valence-electron chi connectivity index (χ0n) is 17.4. The Kier molecular flexibility index (Phi) is 9.79. The lowest BCUT2D eigenvalue weighted by Gasteiger charge is -2.15. The Bertz CT molecular complexity index is 746. The van der Waals surface area contributed by atoms with Crippen LogP contribution in [0.2, 0.25) is 0 Å². The minimum absolute atomic E-state index is 0.540. The van der Waals surface area contributed by atoms with E-state index in [0.717, 1.165) is 48.8 Å². The maximum Gasteiger partial charge on any atom is 0.191 e. The standard InChI is InChI=1S/C21H32N4O2S/c1-16-8-9-18(19(13-16)27-12-11-26-4)14-24-21(22-3)23-10-6-5-7-20-25-17(2)15-28-20/h8-9,13,15H,5-7,10-12,14H2,1-4H3,(H2,22,23,24). The lowest BCUT2D eigenvalue weighted by molar-refractivity contribution is 0.145. The molecule has 0 atom stereocenters. The van der Waals surface area contributed by atoms with Crippen LogP contribution in [-0.2, 0) is 17.7 Å². The van der Waals surface area contributed by atoms with E-state index < -0.39 is 0 Å². The quantitative estimate of drug-likeness (QED) is 0.341. The van der Waals surface area contributed by atoms with E-state index in [2.05, 4.69) is 51.1 Å². The summed E-state index contributed by atoms with van der Waals surface area (Å²) in [5.74, 6) is 1.69. The summed E-state index contributed by atoms with van der Waals surface area (Å²) in [5, 5.41) is 10.1. The Morgan fingerprint density at radius 3 is 2.75 bits per heavy atom. The highest BCUT2D eigenvalue weighted by molar-refractivity contribution is 7.09. The predicted molar refractivity (Wildman–Crippen MR) is 117 cm³/mol. The molecule has 0 amide bonds. The van der Waals surface area contributed by atoms with Crippen molar-refractivity contribution in [2.24, 2.45) is 4.99 Å². The van der Waals surface area contributed by atoms with Crippen LogP contribution in [0.4, 0.5) is 0 Å². The van der Waals surface area contributed by atoms with Crippen LogP contribution in [0, 0.1) is 13.8 Å². The van der Waals surface area contributed by atoms with Gasteiger partial charge in [0.2, 0.25) is 0 Å². The normalized spacial score (nSPS) is 11.5. The largest absolute Gasteiger partial charge is 0.491 e. The van der Waals surface area contributed by atoms with Crippen molar-refractivity contribution in [2.45, 2.75) is 39.7 Å². The number of methoxy groups -OCH3 is 1. The van der Waals surface area contributed by atoms with E-state index in [4.69, 9.17) is 9.47 Å². The van der Waals surface area contributed by atoms with Gasteiger partial charge >= 0.3 is 0 Å². The third-order valence-electron chi connectivity index (χ3n) is 4.21. The maximum absolute atomic E-state index is 5.85. The second-order valence-corrected chi connectivity index (χ2v) is 7.59. The third-order valence-corrected chi connectivity index (χ3v) is 5.24. The van der Waals surface area contributed by atoms with Gasteiger partial charge in [0, 0.05) is 43.9 Å². The molecule has 0 aliphatic rings. The Balaban J connectivity index is 1.74. The number of benzene rings is 1. The highest BCUT2D eigenvalue weighted by Crippen LogP contribution is 2.20. The fourth-order valence-electron chi connectivity index (χ4n) is 2.70. The average Bonchev–Trinajstić information content (AvgIpc) is 3.10. The highest BCUT2D eigenvalue weighted by Gasteiger charge is 2.06. The number of aryl methyl sites for hydroxylation is 3. The molecule has 2 rings (SSSR count). The van der Waals surface area contributed by atoms with Crippen molar-refractivity contribution >= 4 is 17.3 Å². The molecule has 7 heteroatoms. The first-order valence-corrected chi connectivity index (χ1v) is 10.6. The summed E-state index contributed by atoms with van der Waals surface area (Å²) >= 11 is 1.75. The third kappa shape index (κ3) is 7.86. The van der Waals surface area contributed by atoms with Crippen LogP contribution in [-0.4, -0.2) is 44.9 Å². The van der Waals surface area contributed by atoms with Crippen molar-refractivity contribution in [3.05, 3.63) is 45.4 Å². The van der Waals surface area contributed by atoms with Crippen LogP contribution in [0.3, 0.4) is 0 Å². The molecular formula is C21H32N4O2S. The number of hydrogen-bond acceptors (Lipinski definition) is 5. The van der Waals surface area contributed by atoms with E-state index in [9.17, 15) is 0 Å². The highest BCUT2D eigenvalue weighted by atomic mass is 32.1. The molecular weight excluding hydrogens is 372 g/mol. The van der Waals surface area contributed by atoms with E-state index >= 15 is 0 Å². The van der Waals surface area contributed by atoms with Crippen molar-refractivity contribution in [3.63, 3.8) is 0 Å². The molecule has 6 nitrogen and oxygen atoms in total. The summed E-state index contributed by atoms with van der Waals surface area (Å²) < 4.78 is 10.9. The van der Waals surface area contributed by atoms with Crippen molar-refractivity contribution in [1.82, 2.24) is 15.6 Å². The van der Waals surface area contributed by atoms with E-state index in [1.54, 1.807) is 25.5 Å². The number of unbranched alkanes of at least 4 members (excludes halogenated alkanes) is 1. The molecule has 0 saturated heterocycles. The SMILES string of the molecule is CN=C(NCCCCc1nc(C)cs1)NCc1ccc(C)cc1OCCOC. The molecule has 0 saturated carbocycles. The molecule has 0 bridgehead atoms. The number of thiazole rings is 1. The topological polar surface area (TPSA) is 67.8 Å². The first kappa shape index (κ1) is 22.2. The van der Waals surface area contributed by atoms with Gasteiger partial charge in [-0.2, -0.15) is 0 Å². The summed E-state index contributed by atoms with van der Waals surface area (Å²) in [4.78, 5) is 8.81. The van der Waals surface area contributed by atoms with Crippen LogP contribution >= 0.6 is 11.3 Å². The maximum atomic E-state index is 5.85. The van der Waals surface area contributed by atoms with Crippen molar-refractivity contribution in [2.75, 3.05) is 33.9 Å². The van der Waals surface area contributed by atoms with Gasteiger partial charge in [0.25, 0.3) is 0 Å². The predicted octanol–water partition coefficient (Wildman–Crippen LogP) is 3.47.